The minimum Gasteiger partial charge on any atom is -0.456 e. The normalized spacial score (nSPS) is 11.3. The van der Waals surface area contributed by atoms with Crippen molar-refractivity contribution in [2.75, 3.05) is 4.90 Å². The highest BCUT2D eigenvalue weighted by Gasteiger charge is 2.25. The molecule has 282 valence electrons. The lowest BCUT2D eigenvalue weighted by atomic mass is 9.90. The van der Waals surface area contributed by atoms with E-state index in [0.717, 1.165) is 66.8 Å². The number of benzene rings is 10. The Morgan fingerprint density at radius 3 is 1.33 bits per heavy atom. The molecule has 0 fully saturated rings. The lowest BCUT2D eigenvalue weighted by molar-refractivity contribution is 0.669. The molecule has 0 atom stereocenters. The summed E-state index contributed by atoms with van der Waals surface area (Å²) in [5.41, 5.74) is 16.6. The summed E-state index contributed by atoms with van der Waals surface area (Å²) in [4.78, 5) is 2.48. The molecule has 1 aromatic heterocycles. The molecule has 0 amide bonds. The van der Waals surface area contributed by atoms with Crippen LogP contribution in [0.4, 0.5) is 17.1 Å². The van der Waals surface area contributed by atoms with Crippen LogP contribution in [0.25, 0.3) is 88.3 Å². The first-order valence-electron chi connectivity index (χ1n) is 20.5. The highest BCUT2D eigenvalue weighted by molar-refractivity contribution is 6.15. The van der Waals surface area contributed by atoms with Crippen LogP contribution in [-0.4, -0.2) is 0 Å². The second-order valence-electron chi connectivity index (χ2n) is 15.2. The summed E-state index contributed by atoms with van der Waals surface area (Å²) in [6.45, 7) is 0. The third-order valence-corrected chi connectivity index (χ3v) is 11.7. The Hall–Kier alpha value is -7.94. The van der Waals surface area contributed by atoms with Crippen LogP contribution in [0, 0.1) is 0 Å². The molecular formula is C58H39NO. The van der Waals surface area contributed by atoms with Crippen molar-refractivity contribution < 1.29 is 4.42 Å². The van der Waals surface area contributed by atoms with E-state index in [0.29, 0.717) is 0 Å². The standard InChI is InChI=1S/C58H39NO/c1-3-18-40(19-4-1)41-36-38-43(39-37-41)45-24-7-11-31-52(45)59(54-33-13-9-26-48(54)50-30-17-35-56-58(50)51-27-10-14-34-55(51)60-56)53-32-12-8-25-47(53)49-29-16-23-44-22-15-28-46(57(44)49)42-20-5-2-6-21-42/h1-39H. The molecular weight excluding hydrogens is 727 g/mol. The molecule has 0 aliphatic carbocycles. The molecule has 0 radical (unpaired) electrons. The average molecular weight is 766 g/mol. The van der Waals surface area contributed by atoms with E-state index >= 15 is 0 Å². The summed E-state index contributed by atoms with van der Waals surface area (Å²) in [6, 6.07) is 85.0. The smallest absolute Gasteiger partial charge is 0.136 e. The fraction of sp³-hybridized carbons (Fsp3) is 0. The van der Waals surface area contributed by atoms with Gasteiger partial charge in [0, 0.05) is 27.5 Å². The Morgan fingerprint density at radius 1 is 0.250 bits per heavy atom. The van der Waals surface area contributed by atoms with Crippen LogP contribution in [0.15, 0.2) is 241 Å². The quantitative estimate of drug-likeness (QED) is 0.153. The van der Waals surface area contributed by atoms with Gasteiger partial charge in [-0.25, -0.2) is 0 Å². The van der Waals surface area contributed by atoms with Crippen LogP contribution < -0.4 is 4.90 Å². The number of furan rings is 1. The molecule has 11 aromatic rings. The van der Waals surface area contributed by atoms with Gasteiger partial charge in [0.25, 0.3) is 0 Å². The lowest BCUT2D eigenvalue weighted by Gasteiger charge is -2.32. The summed E-state index contributed by atoms with van der Waals surface area (Å²) in [7, 11) is 0. The minimum absolute atomic E-state index is 0.874. The molecule has 0 saturated carbocycles. The zero-order chi connectivity index (χ0) is 39.8. The third-order valence-electron chi connectivity index (χ3n) is 11.7. The number of fused-ring (bicyclic) bond motifs is 4. The Balaban J connectivity index is 1.19. The van der Waals surface area contributed by atoms with Gasteiger partial charge in [-0.1, -0.05) is 206 Å². The van der Waals surface area contributed by atoms with Crippen molar-refractivity contribution in [2.45, 2.75) is 0 Å². The fourth-order valence-electron chi connectivity index (χ4n) is 8.99. The van der Waals surface area contributed by atoms with Crippen molar-refractivity contribution in [3.05, 3.63) is 237 Å². The molecule has 0 aliphatic heterocycles. The number of hydrogen-bond donors (Lipinski definition) is 0. The zero-order valence-corrected chi connectivity index (χ0v) is 32.9. The van der Waals surface area contributed by atoms with Crippen LogP contribution in [0.2, 0.25) is 0 Å². The van der Waals surface area contributed by atoms with Gasteiger partial charge in [-0.3, -0.25) is 0 Å². The SMILES string of the molecule is c1ccc(-c2ccc(-c3ccccc3N(c3ccccc3-c3cccc4cccc(-c5ccccc5)c34)c3ccccc3-c3cccc4oc5ccccc5c34)cc2)cc1. The molecule has 11 rings (SSSR count). The molecule has 0 unspecified atom stereocenters. The summed E-state index contributed by atoms with van der Waals surface area (Å²) >= 11 is 0. The molecule has 2 nitrogen and oxygen atoms in total. The van der Waals surface area contributed by atoms with Gasteiger partial charge in [-0.15, -0.1) is 0 Å². The van der Waals surface area contributed by atoms with Gasteiger partial charge < -0.3 is 9.32 Å². The zero-order valence-electron chi connectivity index (χ0n) is 32.9. The van der Waals surface area contributed by atoms with E-state index in [9.17, 15) is 0 Å². The van der Waals surface area contributed by atoms with Crippen LogP contribution >= 0.6 is 0 Å². The van der Waals surface area contributed by atoms with E-state index in [2.05, 4.69) is 235 Å². The van der Waals surface area contributed by atoms with Crippen molar-refractivity contribution in [3.8, 4) is 55.6 Å². The van der Waals surface area contributed by atoms with Gasteiger partial charge in [0.2, 0.25) is 0 Å². The lowest BCUT2D eigenvalue weighted by Crippen LogP contribution is -2.13. The van der Waals surface area contributed by atoms with E-state index in [1.165, 1.54) is 38.6 Å². The maximum Gasteiger partial charge on any atom is 0.136 e. The second kappa shape index (κ2) is 15.1. The summed E-state index contributed by atoms with van der Waals surface area (Å²) in [5, 5.41) is 4.65. The second-order valence-corrected chi connectivity index (χ2v) is 15.2. The number of para-hydroxylation sites is 4. The van der Waals surface area contributed by atoms with Crippen LogP contribution in [0.3, 0.4) is 0 Å². The highest BCUT2D eigenvalue weighted by atomic mass is 16.3. The van der Waals surface area contributed by atoms with Gasteiger partial charge in [-0.2, -0.15) is 0 Å². The fourth-order valence-corrected chi connectivity index (χ4v) is 8.99. The summed E-state index contributed by atoms with van der Waals surface area (Å²) in [6.07, 6.45) is 0. The van der Waals surface area contributed by atoms with Gasteiger partial charge in [0.1, 0.15) is 11.2 Å². The van der Waals surface area contributed by atoms with Crippen molar-refractivity contribution >= 4 is 49.8 Å². The Morgan fingerprint density at radius 2 is 0.667 bits per heavy atom. The maximum absolute atomic E-state index is 6.45. The van der Waals surface area contributed by atoms with Crippen molar-refractivity contribution in [3.63, 3.8) is 0 Å². The molecule has 0 bridgehead atoms. The highest BCUT2D eigenvalue weighted by Crippen LogP contribution is 2.50. The summed E-state index contributed by atoms with van der Waals surface area (Å²) in [5.74, 6) is 0. The molecule has 1 heterocycles. The predicted octanol–water partition coefficient (Wildman–Crippen LogP) is 16.5. The molecule has 0 saturated heterocycles. The first-order valence-corrected chi connectivity index (χ1v) is 20.5. The van der Waals surface area contributed by atoms with E-state index in [4.69, 9.17) is 4.42 Å². The molecule has 10 aromatic carbocycles. The van der Waals surface area contributed by atoms with Gasteiger partial charge >= 0.3 is 0 Å². The molecule has 60 heavy (non-hydrogen) atoms. The summed E-state index contributed by atoms with van der Waals surface area (Å²) < 4.78 is 6.45. The van der Waals surface area contributed by atoms with E-state index in [1.54, 1.807) is 0 Å². The van der Waals surface area contributed by atoms with Crippen LogP contribution in [-0.2, 0) is 0 Å². The molecule has 0 spiro atoms. The Kier molecular flexibility index (Phi) is 8.87. The van der Waals surface area contributed by atoms with Gasteiger partial charge in [0.05, 0.1) is 17.1 Å². The number of hydrogen-bond acceptors (Lipinski definition) is 2. The van der Waals surface area contributed by atoms with Gasteiger partial charge in [0.15, 0.2) is 0 Å². The van der Waals surface area contributed by atoms with E-state index < -0.39 is 0 Å². The average Bonchev–Trinajstić information content (AvgIpc) is 3.72. The number of rotatable bonds is 8. The third kappa shape index (κ3) is 6.14. The Labute approximate surface area is 349 Å². The Bertz CT molecular complexity index is 3300. The number of anilines is 3. The van der Waals surface area contributed by atoms with Crippen molar-refractivity contribution in [1.29, 1.82) is 0 Å². The molecule has 2 heteroatoms. The number of nitrogens with zero attached hydrogens (tertiary/aromatic N) is 1. The molecule has 0 aliphatic rings. The largest absolute Gasteiger partial charge is 0.456 e. The van der Waals surface area contributed by atoms with Gasteiger partial charge in [-0.05, 0) is 80.0 Å². The monoisotopic (exact) mass is 765 g/mol. The maximum atomic E-state index is 6.45. The predicted molar refractivity (Wildman–Crippen MR) is 253 cm³/mol. The van der Waals surface area contributed by atoms with Crippen LogP contribution in [0.5, 0.6) is 0 Å². The topological polar surface area (TPSA) is 16.4 Å². The first kappa shape index (κ1) is 35.2. The van der Waals surface area contributed by atoms with E-state index in [-0.39, 0.29) is 0 Å². The van der Waals surface area contributed by atoms with Crippen LogP contribution in [0.1, 0.15) is 0 Å². The minimum atomic E-state index is 0.874. The molecule has 0 N–H and O–H groups in total. The first-order chi connectivity index (χ1) is 29.8. The van der Waals surface area contributed by atoms with Crippen molar-refractivity contribution in [1.82, 2.24) is 0 Å². The van der Waals surface area contributed by atoms with E-state index in [1.807, 2.05) is 6.07 Å². The van der Waals surface area contributed by atoms with Crippen molar-refractivity contribution in [2.24, 2.45) is 0 Å².